The normalized spacial score (nSPS) is 14.2. The van der Waals surface area contributed by atoms with Gasteiger partial charge in [0, 0.05) is 12.8 Å². The Morgan fingerprint density at radius 3 is 1.03 bits per heavy atom. The van der Waals surface area contributed by atoms with E-state index in [-0.39, 0.29) is 32.7 Å². The van der Waals surface area contributed by atoms with Gasteiger partial charge in [0.05, 0.1) is 34.4 Å². The van der Waals surface area contributed by atoms with Crippen LogP contribution in [0.3, 0.4) is 0 Å². The van der Waals surface area contributed by atoms with Crippen molar-refractivity contribution in [3.05, 3.63) is 194 Å². The van der Waals surface area contributed by atoms with E-state index in [2.05, 4.69) is 202 Å². The lowest BCUT2D eigenvalue weighted by atomic mass is 10.1. The Labute approximate surface area is 481 Å². The van der Waals surface area contributed by atoms with Crippen molar-refractivity contribution in [3.63, 3.8) is 0 Å². The number of allylic oxidation sites excluding steroid dienone is 32. The van der Waals surface area contributed by atoms with Crippen molar-refractivity contribution >= 4 is 17.9 Å². The largest absolute Gasteiger partial charge is 0.477 e. The summed E-state index contributed by atoms with van der Waals surface area (Å²) in [5.74, 6) is -2.17. The van der Waals surface area contributed by atoms with E-state index in [1.807, 2.05) is 27.2 Å². The molecule has 9 heteroatoms. The molecule has 0 aromatic rings. The average Bonchev–Trinajstić information content (AvgIpc) is 3.42. The van der Waals surface area contributed by atoms with Crippen LogP contribution in [0.5, 0.6) is 0 Å². The number of carboxylic acids is 1. The molecule has 0 heterocycles. The zero-order valence-electron chi connectivity index (χ0n) is 49.7. The van der Waals surface area contributed by atoms with Crippen LogP contribution in [0.15, 0.2) is 194 Å². The molecule has 2 unspecified atom stereocenters. The predicted octanol–water partition coefficient (Wildman–Crippen LogP) is 17.9. The van der Waals surface area contributed by atoms with Crippen molar-refractivity contribution in [3.8, 4) is 0 Å². The molecular weight excluding hydrogens is 983 g/mol. The van der Waals surface area contributed by atoms with E-state index < -0.39 is 30.3 Å². The molecule has 0 rings (SSSR count). The number of rotatable bonds is 51. The summed E-state index contributed by atoms with van der Waals surface area (Å²) in [5, 5.41) is 9.71. The maximum absolute atomic E-state index is 12.9. The van der Waals surface area contributed by atoms with Crippen LogP contribution in [0.2, 0.25) is 0 Å². The van der Waals surface area contributed by atoms with Crippen LogP contribution in [0.4, 0.5) is 0 Å². The highest BCUT2D eigenvalue weighted by molar-refractivity contribution is 5.71. The SMILES string of the molecule is CC/C=C\C/C=C\C/C=C\C/C=C\C/C=C\C/C=C\C/C=C\C/C=C\C/C=C\CCCC(=O)OC(COC(=O)CCCCC/C=C\C/C=C\C/C=C\C/C=C\C/C=C\C/C=C\C/C=C\CC)COC(OCC[N+](C)(C)C)C(=O)O. The summed E-state index contributed by atoms with van der Waals surface area (Å²) in [6, 6.07) is 0. The van der Waals surface area contributed by atoms with Crippen LogP contribution in [0.25, 0.3) is 0 Å². The van der Waals surface area contributed by atoms with Gasteiger partial charge < -0.3 is 28.5 Å². The molecule has 0 radical (unpaired) electrons. The number of carbonyl (C=O) groups excluding carboxylic acids is 2. The smallest absolute Gasteiger partial charge is 0.361 e. The second-order valence-electron chi connectivity index (χ2n) is 19.8. The van der Waals surface area contributed by atoms with Gasteiger partial charge in [-0.05, 0) is 135 Å². The highest BCUT2D eigenvalue weighted by atomic mass is 16.7. The minimum atomic E-state index is -1.55. The minimum Gasteiger partial charge on any atom is -0.477 e. The van der Waals surface area contributed by atoms with Crippen molar-refractivity contribution in [1.82, 2.24) is 0 Å². The maximum Gasteiger partial charge on any atom is 0.361 e. The van der Waals surface area contributed by atoms with Crippen LogP contribution in [0.1, 0.15) is 168 Å². The van der Waals surface area contributed by atoms with E-state index in [4.69, 9.17) is 18.9 Å². The molecule has 438 valence electrons. The van der Waals surface area contributed by atoms with Crippen LogP contribution in [0, 0.1) is 0 Å². The third-order valence-corrected chi connectivity index (χ3v) is 11.3. The number of aliphatic carboxylic acids is 1. The topological polar surface area (TPSA) is 108 Å². The number of esters is 2. The third kappa shape index (κ3) is 59.6. The van der Waals surface area contributed by atoms with Crippen molar-refractivity contribution in [2.45, 2.75) is 180 Å². The summed E-state index contributed by atoms with van der Waals surface area (Å²) in [5.41, 5.74) is 0. The zero-order chi connectivity index (χ0) is 57.6. The molecule has 79 heavy (non-hydrogen) atoms. The number of carboxylic acid groups (broad SMARTS) is 1. The van der Waals surface area contributed by atoms with Gasteiger partial charge in [-0.1, -0.05) is 215 Å². The summed E-state index contributed by atoms with van der Waals surface area (Å²) < 4.78 is 22.7. The standard InChI is InChI=1S/C70H105NO8/c1-6-8-10-12-14-16-18-20-22-24-26-28-30-32-33-34-35-37-39-41-43-45-47-49-51-53-55-57-59-61-68(73)79-66(65-78-70(69(74)75)76-63-62-71(3,4)5)64-77-67(72)60-58-56-54-52-50-48-46-44-42-40-38-36-31-29-27-25-23-21-19-17-15-13-11-9-7-2/h8-11,14-17,20-23,26-29,32-33,35-38,41-44,47-50,53,55,66,70H,6-7,12-13,18-19,24-25,30-31,34,39-40,45-46,51-52,54,56-65H2,1-5H3/p+1/b10-8-,11-9-,16-14-,17-15-,22-20-,23-21-,28-26-,29-27-,33-32-,37-35-,38-36-,43-41-,44-42-,49-47-,50-48-,55-53-. The summed E-state index contributed by atoms with van der Waals surface area (Å²) in [7, 11) is 5.92. The van der Waals surface area contributed by atoms with Gasteiger partial charge in [0.15, 0.2) is 6.10 Å². The van der Waals surface area contributed by atoms with Gasteiger partial charge in [-0.2, -0.15) is 0 Å². The molecule has 0 spiro atoms. The highest BCUT2D eigenvalue weighted by Gasteiger charge is 2.25. The first-order chi connectivity index (χ1) is 38.6. The van der Waals surface area contributed by atoms with Gasteiger partial charge in [-0.15, -0.1) is 0 Å². The molecule has 0 amide bonds. The van der Waals surface area contributed by atoms with Crippen molar-refractivity contribution in [2.75, 3.05) is 47.5 Å². The fraction of sp³-hybridized carbons (Fsp3) is 0.500. The number of hydrogen-bond acceptors (Lipinski definition) is 7. The van der Waals surface area contributed by atoms with E-state index in [0.717, 1.165) is 122 Å². The lowest BCUT2D eigenvalue weighted by molar-refractivity contribution is -0.870. The number of quaternary nitrogens is 1. The van der Waals surface area contributed by atoms with Gasteiger partial charge in [-0.25, -0.2) is 4.79 Å². The Bertz CT molecular complexity index is 1990. The van der Waals surface area contributed by atoms with Gasteiger partial charge in [0.25, 0.3) is 6.29 Å². The lowest BCUT2D eigenvalue weighted by Gasteiger charge is -2.25. The van der Waals surface area contributed by atoms with E-state index in [1.165, 1.54) is 0 Å². The minimum absolute atomic E-state index is 0.157. The molecule has 0 aromatic carbocycles. The van der Waals surface area contributed by atoms with Crippen LogP contribution in [-0.2, 0) is 33.3 Å². The quantitative estimate of drug-likeness (QED) is 0.0211. The molecule has 0 aliphatic rings. The first-order valence-corrected chi connectivity index (χ1v) is 29.6. The van der Waals surface area contributed by atoms with Gasteiger partial charge in [0.1, 0.15) is 13.2 Å². The summed E-state index contributed by atoms with van der Waals surface area (Å²) in [4.78, 5) is 37.4. The monoisotopic (exact) mass is 1090 g/mol. The van der Waals surface area contributed by atoms with Crippen molar-refractivity contribution in [1.29, 1.82) is 0 Å². The number of ether oxygens (including phenoxy) is 4. The Balaban J connectivity index is 4.49. The highest BCUT2D eigenvalue weighted by Crippen LogP contribution is 2.10. The molecule has 2 atom stereocenters. The first kappa shape index (κ1) is 73.1. The number of carbonyl (C=O) groups is 3. The molecule has 1 N–H and O–H groups in total. The summed E-state index contributed by atoms with van der Waals surface area (Å²) in [6.45, 7) is 4.49. The van der Waals surface area contributed by atoms with E-state index in [9.17, 15) is 19.5 Å². The molecule has 0 saturated heterocycles. The van der Waals surface area contributed by atoms with Gasteiger partial charge >= 0.3 is 17.9 Å². The Kier molecular flexibility index (Phi) is 54.0. The Hall–Kier alpha value is -5.87. The second kappa shape index (κ2) is 58.3. The van der Waals surface area contributed by atoms with E-state index >= 15 is 0 Å². The molecule has 0 aliphatic carbocycles. The molecule has 0 aliphatic heterocycles. The molecule has 0 bridgehead atoms. The zero-order valence-corrected chi connectivity index (χ0v) is 49.7. The predicted molar refractivity (Wildman–Crippen MR) is 335 cm³/mol. The van der Waals surface area contributed by atoms with E-state index in [0.29, 0.717) is 30.3 Å². The fourth-order valence-corrected chi connectivity index (χ4v) is 6.87. The Morgan fingerprint density at radius 2 is 0.696 bits per heavy atom. The number of nitrogens with zero attached hydrogens (tertiary/aromatic N) is 1. The number of likely N-dealkylation sites (N-methyl/N-ethyl adjacent to an activating group) is 1. The van der Waals surface area contributed by atoms with Crippen LogP contribution < -0.4 is 0 Å². The van der Waals surface area contributed by atoms with Gasteiger partial charge in [0.2, 0.25) is 0 Å². The maximum atomic E-state index is 12.9. The van der Waals surface area contributed by atoms with E-state index in [1.54, 1.807) is 0 Å². The second-order valence-corrected chi connectivity index (χ2v) is 19.8. The van der Waals surface area contributed by atoms with Crippen LogP contribution >= 0.6 is 0 Å². The third-order valence-electron chi connectivity index (χ3n) is 11.3. The molecule has 0 aromatic heterocycles. The number of unbranched alkanes of at least 4 members (excludes halogenated alkanes) is 4. The molecule has 0 fully saturated rings. The van der Waals surface area contributed by atoms with Gasteiger partial charge in [-0.3, -0.25) is 9.59 Å². The number of hydrogen-bond donors (Lipinski definition) is 1. The Morgan fingerprint density at radius 1 is 0.380 bits per heavy atom. The molecule has 9 nitrogen and oxygen atoms in total. The van der Waals surface area contributed by atoms with Crippen molar-refractivity contribution < 1.29 is 42.9 Å². The summed E-state index contributed by atoms with van der Waals surface area (Å²) >= 11 is 0. The first-order valence-electron chi connectivity index (χ1n) is 29.6. The van der Waals surface area contributed by atoms with Crippen LogP contribution in [-0.4, -0.2) is 87.4 Å². The fourth-order valence-electron chi connectivity index (χ4n) is 6.87. The molecule has 0 saturated carbocycles. The average molecular weight is 1090 g/mol. The molecular formula is C70H106NO8+. The summed E-state index contributed by atoms with van der Waals surface area (Å²) in [6.07, 6.45) is 88.0. The lowest BCUT2D eigenvalue weighted by Crippen LogP contribution is -2.40. The van der Waals surface area contributed by atoms with Crippen molar-refractivity contribution in [2.24, 2.45) is 0 Å².